The third-order valence-corrected chi connectivity index (χ3v) is 2.58. The van der Waals surface area contributed by atoms with E-state index >= 15 is 0 Å². The third kappa shape index (κ3) is 7.75. The van der Waals surface area contributed by atoms with Crippen LogP contribution in [0.3, 0.4) is 0 Å². The molecule has 0 fully saturated rings. The number of nitrogen functional groups attached to an aromatic ring is 1. The summed E-state index contributed by atoms with van der Waals surface area (Å²) in [6.45, 7) is 1.60. The summed E-state index contributed by atoms with van der Waals surface area (Å²) in [5.41, 5.74) is 8.24. The van der Waals surface area contributed by atoms with Crippen LogP contribution in [0.25, 0.3) is 0 Å². The summed E-state index contributed by atoms with van der Waals surface area (Å²) < 4.78 is 0. The molecule has 0 aliphatic rings. The Labute approximate surface area is 146 Å². The number of aliphatic carboxylic acids is 1. The minimum atomic E-state index is -0.745. The predicted octanol–water partition coefficient (Wildman–Crippen LogP) is -0.150. The molecule has 0 atom stereocenters. The standard InChI is InChI=1S/C13H12NO.C3H6O2.Na/c14-12-6-3-4-10(9-12)8-11-5-1-2-7-13(11)15;1-2-3(4)5;/h1-5,7,9,15H,8,14H2;2H2,1H3,(H,4,5);/q-1;;+1. The number of carboxylic acid groups (broad SMARTS) is 1. The van der Waals surface area contributed by atoms with Gasteiger partial charge in [-0.25, -0.2) is 0 Å². The molecule has 0 radical (unpaired) electrons. The van der Waals surface area contributed by atoms with Crippen molar-refractivity contribution in [2.45, 2.75) is 19.8 Å². The molecule has 106 valence electrons. The molecule has 0 amide bonds. The molecular weight excluding hydrogens is 277 g/mol. The van der Waals surface area contributed by atoms with Crippen LogP contribution in [0.4, 0.5) is 5.69 Å². The summed E-state index contributed by atoms with van der Waals surface area (Å²) in [6, 6.07) is 15.8. The second-order valence-corrected chi connectivity index (χ2v) is 4.21. The van der Waals surface area contributed by atoms with Gasteiger partial charge in [0.05, 0.1) is 0 Å². The van der Waals surface area contributed by atoms with E-state index in [1.807, 2.05) is 30.3 Å². The Kier molecular flexibility index (Phi) is 9.54. The largest absolute Gasteiger partial charge is 1.00 e. The SMILES string of the molecule is CCC(=O)O.Nc1[c-]ccc(Cc2ccccc2O)c1.[Na+]. The first kappa shape index (κ1) is 19.5. The Balaban J connectivity index is 0.000000583. The van der Waals surface area contributed by atoms with Crippen LogP contribution in [-0.2, 0) is 11.2 Å². The first-order chi connectivity index (χ1) is 9.52. The second-order valence-electron chi connectivity index (χ2n) is 4.21. The zero-order valence-electron chi connectivity index (χ0n) is 12.3. The van der Waals surface area contributed by atoms with Crippen LogP contribution in [0.1, 0.15) is 24.5 Å². The van der Waals surface area contributed by atoms with Gasteiger partial charge in [0.25, 0.3) is 0 Å². The molecule has 0 aromatic heterocycles. The number of para-hydroxylation sites is 1. The fourth-order valence-electron chi connectivity index (χ4n) is 1.52. The second kappa shape index (κ2) is 10.3. The number of phenols is 1. The van der Waals surface area contributed by atoms with Crippen molar-refractivity contribution in [1.29, 1.82) is 0 Å². The van der Waals surface area contributed by atoms with Gasteiger partial charge in [-0.3, -0.25) is 4.79 Å². The van der Waals surface area contributed by atoms with Gasteiger partial charge in [-0.15, -0.1) is 6.07 Å². The van der Waals surface area contributed by atoms with Crippen molar-refractivity contribution in [3.8, 4) is 5.75 Å². The summed E-state index contributed by atoms with van der Waals surface area (Å²) in [4.78, 5) is 9.37. The van der Waals surface area contributed by atoms with Gasteiger partial charge in [-0.1, -0.05) is 30.8 Å². The molecule has 2 aromatic rings. The summed E-state index contributed by atoms with van der Waals surface area (Å²) in [5.74, 6) is -0.422. The summed E-state index contributed by atoms with van der Waals surface area (Å²) in [5, 5.41) is 17.3. The van der Waals surface area contributed by atoms with Crippen molar-refractivity contribution in [2.24, 2.45) is 0 Å². The van der Waals surface area contributed by atoms with E-state index < -0.39 is 5.97 Å². The summed E-state index contributed by atoms with van der Waals surface area (Å²) >= 11 is 0. The van der Waals surface area contributed by atoms with Gasteiger partial charge in [0.1, 0.15) is 5.75 Å². The Morgan fingerprint density at radius 2 is 1.90 bits per heavy atom. The van der Waals surface area contributed by atoms with Crippen molar-refractivity contribution in [3.05, 3.63) is 59.7 Å². The molecule has 0 saturated carbocycles. The van der Waals surface area contributed by atoms with E-state index in [2.05, 4.69) is 6.07 Å². The van der Waals surface area contributed by atoms with Crippen LogP contribution in [0.5, 0.6) is 5.75 Å². The number of aromatic hydroxyl groups is 1. The Morgan fingerprint density at radius 3 is 2.43 bits per heavy atom. The molecule has 0 saturated heterocycles. The summed E-state index contributed by atoms with van der Waals surface area (Å²) in [7, 11) is 0. The Hall–Kier alpha value is -1.49. The van der Waals surface area contributed by atoms with Crippen LogP contribution < -0.4 is 35.3 Å². The minimum Gasteiger partial charge on any atom is -0.508 e. The average molecular weight is 295 g/mol. The molecule has 0 aliphatic heterocycles. The summed E-state index contributed by atoms with van der Waals surface area (Å²) in [6.07, 6.45) is 0.908. The zero-order valence-corrected chi connectivity index (χ0v) is 14.3. The van der Waals surface area contributed by atoms with Crippen LogP contribution in [0.2, 0.25) is 0 Å². The molecule has 5 heteroatoms. The van der Waals surface area contributed by atoms with Gasteiger partial charge in [0.2, 0.25) is 0 Å². The van der Waals surface area contributed by atoms with Crippen LogP contribution in [0, 0.1) is 6.07 Å². The van der Waals surface area contributed by atoms with Crippen LogP contribution in [-0.4, -0.2) is 16.2 Å². The van der Waals surface area contributed by atoms with E-state index in [1.54, 1.807) is 19.1 Å². The average Bonchev–Trinajstić information content (AvgIpc) is 2.42. The van der Waals surface area contributed by atoms with Crippen LogP contribution in [0.15, 0.2) is 42.5 Å². The smallest absolute Gasteiger partial charge is 0.508 e. The molecule has 21 heavy (non-hydrogen) atoms. The maximum absolute atomic E-state index is 9.60. The topological polar surface area (TPSA) is 83.5 Å². The van der Waals surface area contributed by atoms with E-state index in [9.17, 15) is 9.90 Å². The number of benzene rings is 2. The normalized spacial score (nSPS) is 9.00. The zero-order chi connectivity index (χ0) is 15.0. The van der Waals surface area contributed by atoms with Crippen molar-refractivity contribution in [1.82, 2.24) is 0 Å². The number of hydrogen-bond donors (Lipinski definition) is 3. The van der Waals surface area contributed by atoms with Gasteiger partial charge >= 0.3 is 35.5 Å². The van der Waals surface area contributed by atoms with Crippen molar-refractivity contribution < 1.29 is 44.6 Å². The van der Waals surface area contributed by atoms with Gasteiger partial charge in [-0.2, -0.15) is 23.8 Å². The van der Waals surface area contributed by atoms with Gasteiger partial charge in [0, 0.05) is 6.42 Å². The van der Waals surface area contributed by atoms with Crippen molar-refractivity contribution >= 4 is 11.7 Å². The number of hydrogen-bond acceptors (Lipinski definition) is 3. The predicted molar refractivity (Wildman–Crippen MR) is 78.5 cm³/mol. The van der Waals surface area contributed by atoms with E-state index in [1.165, 1.54) is 0 Å². The number of carbonyl (C=O) groups is 1. The van der Waals surface area contributed by atoms with E-state index in [0.29, 0.717) is 17.9 Å². The Bertz CT molecular complexity index is 573. The molecular formula is C16H18NNaO3. The number of rotatable bonds is 3. The van der Waals surface area contributed by atoms with Crippen LogP contribution >= 0.6 is 0 Å². The molecule has 2 rings (SSSR count). The van der Waals surface area contributed by atoms with Gasteiger partial charge < -0.3 is 15.9 Å². The van der Waals surface area contributed by atoms with Crippen molar-refractivity contribution in [3.63, 3.8) is 0 Å². The molecule has 0 unspecified atom stereocenters. The maximum Gasteiger partial charge on any atom is 1.00 e. The number of nitrogens with two attached hydrogens (primary N) is 1. The fraction of sp³-hybridized carbons (Fsp3) is 0.188. The number of phenolic OH excluding ortho intramolecular Hbond substituents is 1. The maximum atomic E-state index is 9.60. The van der Waals surface area contributed by atoms with Crippen molar-refractivity contribution in [2.75, 3.05) is 5.73 Å². The first-order valence-corrected chi connectivity index (χ1v) is 6.27. The van der Waals surface area contributed by atoms with E-state index in [4.69, 9.17) is 10.8 Å². The van der Waals surface area contributed by atoms with E-state index in [0.717, 1.165) is 11.1 Å². The number of anilines is 1. The molecule has 0 aliphatic carbocycles. The molecule has 2 aromatic carbocycles. The molecule has 0 spiro atoms. The number of carboxylic acids is 1. The fourth-order valence-corrected chi connectivity index (χ4v) is 1.52. The quantitative estimate of drug-likeness (QED) is 0.418. The minimum absolute atomic E-state index is 0. The third-order valence-electron chi connectivity index (χ3n) is 2.58. The van der Waals surface area contributed by atoms with Gasteiger partial charge in [0.15, 0.2) is 0 Å². The molecule has 0 heterocycles. The molecule has 4 nitrogen and oxygen atoms in total. The van der Waals surface area contributed by atoms with E-state index in [-0.39, 0.29) is 36.0 Å². The molecule has 4 N–H and O–H groups in total. The Morgan fingerprint density at radius 1 is 1.29 bits per heavy atom. The monoisotopic (exact) mass is 295 g/mol. The first-order valence-electron chi connectivity index (χ1n) is 6.27. The van der Waals surface area contributed by atoms with Gasteiger partial charge in [-0.05, 0) is 18.1 Å². The molecule has 0 bridgehead atoms.